The first-order chi connectivity index (χ1) is 16.8. The Morgan fingerprint density at radius 2 is 1.89 bits per heavy atom. The molecule has 2 aromatic rings. The number of unbranched alkanes of at least 4 members (excludes halogenated alkanes) is 1. The van der Waals surface area contributed by atoms with Crippen LogP contribution in [-0.4, -0.2) is 49.7 Å². The number of hydrogen-bond acceptors (Lipinski definition) is 5. The number of ether oxygens (including phenoxy) is 2. The van der Waals surface area contributed by atoms with E-state index in [4.69, 9.17) is 9.47 Å². The van der Waals surface area contributed by atoms with Gasteiger partial charge in [-0.25, -0.2) is 9.59 Å². The van der Waals surface area contributed by atoms with Crippen molar-refractivity contribution in [3.05, 3.63) is 75.4 Å². The van der Waals surface area contributed by atoms with Gasteiger partial charge in [-0.15, -0.1) is 0 Å². The van der Waals surface area contributed by atoms with E-state index < -0.39 is 12.0 Å². The van der Waals surface area contributed by atoms with Crippen molar-refractivity contribution in [1.29, 1.82) is 0 Å². The summed E-state index contributed by atoms with van der Waals surface area (Å²) in [6, 6.07) is 13.2. The molecule has 0 aromatic heterocycles. The topological polar surface area (TPSA) is 97.0 Å². The minimum absolute atomic E-state index is 0.113. The zero-order valence-corrected chi connectivity index (χ0v) is 21.7. The lowest BCUT2D eigenvalue weighted by Crippen LogP contribution is -2.48. The zero-order valence-electron chi connectivity index (χ0n) is 20.1. The van der Waals surface area contributed by atoms with Crippen LogP contribution in [0, 0.1) is 0 Å². The van der Waals surface area contributed by atoms with Crippen LogP contribution in [0.4, 0.5) is 10.5 Å². The Kier molecular flexibility index (Phi) is 9.45. The highest BCUT2D eigenvalue weighted by Crippen LogP contribution is 2.32. The second-order valence-corrected chi connectivity index (χ2v) is 9.02. The van der Waals surface area contributed by atoms with Crippen LogP contribution in [0.5, 0.6) is 0 Å². The van der Waals surface area contributed by atoms with E-state index in [0.29, 0.717) is 34.6 Å². The summed E-state index contributed by atoms with van der Waals surface area (Å²) in [5.41, 5.74) is 2.77. The molecule has 1 atom stereocenters. The zero-order chi connectivity index (χ0) is 25.4. The minimum Gasteiger partial charge on any atom is -0.460 e. The number of amides is 3. The van der Waals surface area contributed by atoms with Gasteiger partial charge in [-0.2, -0.15) is 0 Å². The summed E-state index contributed by atoms with van der Waals surface area (Å²) >= 11 is 3.37. The SMILES string of the molecule is CCCCN1C(=O)NC(c2ccc(NC(=O)c3cccc(Br)c3)cc2)C(C(=O)OCCOC)=C1C. The summed E-state index contributed by atoms with van der Waals surface area (Å²) in [6.45, 7) is 4.71. The summed E-state index contributed by atoms with van der Waals surface area (Å²) in [6.07, 6.45) is 1.73. The number of allylic oxidation sites excluding steroid dienone is 1. The second kappa shape index (κ2) is 12.5. The van der Waals surface area contributed by atoms with E-state index in [1.165, 1.54) is 7.11 Å². The summed E-state index contributed by atoms with van der Waals surface area (Å²) in [7, 11) is 1.53. The molecule has 8 nitrogen and oxygen atoms in total. The highest BCUT2D eigenvalue weighted by atomic mass is 79.9. The van der Waals surface area contributed by atoms with Crippen molar-refractivity contribution in [2.24, 2.45) is 0 Å². The fraction of sp³-hybridized carbons (Fsp3) is 0.346. The Balaban J connectivity index is 1.84. The molecular formula is C26H30BrN3O5. The number of methoxy groups -OCH3 is 1. The number of nitrogens with one attached hydrogen (secondary N) is 2. The van der Waals surface area contributed by atoms with Gasteiger partial charge in [0.25, 0.3) is 5.91 Å². The summed E-state index contributed by atoms with van der Waals surface area (Å²) in [4.78, 5) is 40.0. The maximum Gasteiger partial charge on any atom is 0.338 e. The molecule has 0 saturated carbocycles. The molecule has 0 fully saturated rings. The standard InChI is InChI=1S/C26H30BrN3O5/c1-4-5-13-30-17(2)22(25(32)35-15-14-34-3)23(29-26(30)33)18-9-11-21(12-10-18)28-24(31)19-7-6-8-20(27)16-19/h6-12,16,23H,4-5,13-15H2,1-3H3,(H,28,31)(H,29,33). The average molecular weight is 544 g/mol. The molecule has 3 amide bonds. The van der Waals surface area contributed by atoms with Crippen LogP contribution in [0.1, 0.15) is 48.7 Å². The monoisotopic (exact) mass is 543 g/mol. The summed E-state index contributed by atoms with van der Waals surface area (Å²) < 4.78 is 11.2. The lowest BCUT2D eigenvalue weighted by Gasteiger charge is -2.35. The van der Waals surface area contributed by atoms with Crippen LogP contribution in [0.3, 0.4) is 0 Å². The lowest BCUT2D eigenvalue weighted by atomic mass is 9.94. The minimum atomic E-state index is -0.676. The first-order valence-corrected chi connectivity index (χ1v) is 12.3. The molecule has 1 aliphatic rings. The lowest BCUT2D eigenvalue weighted by molar-refractivity contribution is -0.140. The van der Waals surface area contributed by atoms with E-state index in [2.05, 4.69) is 26.6 Å². The van der Waals surface area contributed by atoms with Gasteiger partial charge in [0.05, 0.1) is 18.2 Å². The van der Waals surface area contributed by atoms with Gasteiger partial charge >= 0.3 is 12.0 Å². The molecule has 2 N–H and O–H groups in total. The quantitative estimate of drug-likeness (QED) is 0.323. The third-order valence-electron chi connectivity index (χ3n) is 5.66. The first kappa shape index (κ1) is 26.4. The predicted octanol–water partition coefficient (Wildman–Crippen LogP) is 5.03. The van der Waals surface area contributed by atoms with Gasteiger partial charge in [-0.3, -0.25) is 9.69 Å². The van der Waals surface area contributed by atoms with Crippen molar-refractivity contribution < 1.29 is 23.9 Å². The highest BCUT2D eigenvalue weighted by molar-refractivity contribution is 9.10. The van der Waals surface area contributed by atoms with Gasteiger partial charge in [0.15, 0.2) is 0 Å². The molecule has 0 aliphatic carbocycles. The van der Waals surface area contributed by atoms with E-state index in [-0.39, 0.29) is 25.2 Å². The maximum absolute atomic E-state index is 13.0. The molecule has 186 valence electrons. The number of benzene rings is 2. The molecule has 0 spiro atoms. The number of nitrogens with zero attached hydrogens (tertiary/aromatic N) is 1. The molecule has 3 rings (SSSR count). The van der Waals surface area contributed by atoms with Crippen LogP contribution in [0.25, 0.3) is 0 Å². The van der Waals surface area contributed by atoms with Crippen LogP contribution in [-0.2, 0) is 14.3 Å². The maximum atomic E-state index is 13.0. The van der Waals surface area contributed by atoms with Crippen molar-refractivity contribution in [3.63, 3.8) is 0 Å². The number of halogens is 1. The normalized spacial score (nSPS) is 15.6. The molecule has 0 saturated heterocycles. The van der Waals surface area contributed by atoms with Crippen molar-refractivity contribution in [3.8, 4) is 0 Å². The molecule has 1 aliphatic heterocycles. The van der Waals surface area contributed by atoms with E-state index in [0.717, 1.165) is 17.3 Å². The van der Waals surface area contributed by atoms with Crippen molar-refractivity contribution in [2.75, 3.05) is 32.2 Å². The Hall–Kier alpha value is -3.17. The number of esters is 1. The summed E-state index contributed by atoms with van der Waals surface area (Å²) in [5.74, 6) is -0.743. The number of carbonyl (C=O) groups excluding carboxylic acids is 3. The number of urea groups is 1. The van der Waals surface area contributed by atoms with Gasteiger partial charge in [0, 0.05) is 35.1 Å². The molecule has 0 radical (unpaired) electrons. The number of anilines is 1. The summed E-state index contributed by atoms with van der Waals surface area (Å²) in [5, 5.41) is 5.80. The highest BCUT2D eigenvalue weighted by Gasteiger charge is 2.36. The Bertz CT molecular complexity index is 1100. The van der Waals surface area contributed by atoms with Gasteiger partial charge in [-0.05, 0) is 49.2 Å². The molecular weight excluding hydrogens is 514 g/mol. The van der Waals surface area contributed by atoms with Crippen LogP contribution in [0.2, 0.25) is 0 Å². The Morgan fingerprint density at radius 1 is 1.14 bits per heavy atom. The largest absolute Gasteiger partial charge is 0.460 e. The Morgan fingerprint density at radius 3 is 2.54 bits per heavy atom. The predicted molar refractivity (Wildman–Crippen MR) is 137 cm³/mol. The molecule has 0 bridgehead atoms. The van der Waals surface area contributed by atoms with Crippen molar-refractivity contribution >= 4 is 39.5 Å². The van der Waals surface area contributed by atoms with Crippen LogP contribution >= 0.6 is 15.9 Å². The smallest absolute Gasteiger partial charge is 0.338 e. The number of hydrogen-bond donors (Lipinski definition) is 2. The van der Waals surface area contributed by atoms with Gasteiger partial charge in [0.1, 0.15) is 6.61 Å². The average Bonchev–Trinajstić information content (AvgIpc) is 2.84. The van der Waals surface area contributed by atoms with Crippen molar-refractivity contribution in [1.82, 2.24) is 10.2 Å². The molecule has 1 unspecified atom stereocenters. The van der Waals surface area contributed by atoms with Crippen molar-refractivity contribution in [2.45, 2.75) is 32.7 Å². The van der Waals surface area contributed by atoms with E-state index in [9.17, 15) is 14.4 Å². The molecule has 9 heteroatoms. The third kappa shape index (κ3) is 6.70. The fourth-order valence-corrected chi connectivity index (χ4v) is 4.17. The van der Waals surface area contributed by atoms with E-state index in [1.807, 2.05) is 13.0 Å². The second-order valence-electron chi connectivity index (χ2n) is 8.10. The van der Waals surface area contributed by atoms with Crippen LogP contribution < -0.4 is 10.6 Å². The first-order valence-electron chi connectivity index (χ1n) is 11.5. The van der Waals surface area contributed by atoms with E-state index >= 15 is 0 Å². The fourth-order valence-electron chi connectivity index (χ4n) is 3.77. The molecule has 35 heavy (non-hydrogen) atoms. The molecule has 1 heterocycles. The third-order valence-corrected chi connectivity index (χ3v) is 6.15. The number of carbonyl (C=O) groups is 3. The number of rotatable bonds is 10. The van der Waals surface area contributed by atoms with Gasteiger partial charge in [0.2, 0.25) is 0 Å². The molecule has 2 aromatic carbocycles. The van der Waals surface area contributed by atoms with E-state index in [1.54, 1.807) is 54.3 Å². The van der Waals surface area contributed by atoms with Gasteiger partial charge in [-0.1, -0.05) is 47.5 Å². The van der Waals surface area contributed by atoms with Crippen LogP contribution in [0.15, 0.2) is 64.3 Å². The Labute approximate surface area is 213 Å². The van der Waals surface area contributed by atoms with Gasteiger partial charge < -0.3 is 20.1 Å².